The first-order valence-corrected chi connectivity index (χ1v) is 7.51. The molecule has 2 atom stereocenters. The molecule has 110 valence electrons. The summed E-state index contributed by atoms with van der Waals surface area (Å²) in [5, 5.41) is 6.53. The van der Waals surface area contributed by atoms with Crippen molar-refractivity contribution < 1.29 is 4.79 Å². The Labute approximate surface area is 122 Å². The normalized spacial score (nSPS) is 23.4. The number of rotatable bonds is 2. The first-order chi connectivity index (χ1) is 9.38. The van der Waals surface area contributed by atoms with Crippen molar-refractivity contribution in [2.45, 2.75) is 52.0 Å². The van der Waals surface area contributed by atoms with Crippen molar-refractivity contribution in [1.29, 1.82) is 0 Å². The third kappa shape index (κ3) is 3.60. The number of anilines is 1. The van der Waals surface area contributed by atoms with E-state index in [1.807, 2.05) is 18.2 Å². The minimum Gasteiger partial charge on any atom is -0.326 e. The molecule has 0 spiro atoms. The van der Waals surface area contributed by atoms with E-state index in [0.717, 1.165) is 25.1 Å². The van der Waals surface area contributed by atoms with E-state index in [2.05, 4.69) is 44.4 Å². The van der Waals surface area contributed by atoms with Crippen LogP contribution in [0.15, 0.2) is 24.3 Å². The Balaban J connectivity index is 2.12. The molecule has 3 nitrogen and oxygen atoms in total. The molecule has 1 aromatic rings. The number of nitrogens with one attached hydrogen (secondary N) is 2. The van der Waals surface area contributed by atoms with Crippen LogP contribution in [0.25, 0.3) is 0 Å². The number of hydrogen-bond donors (Lipinski definition) is 2. The number of carbonyl (C=O) groups excluding carboxylic acids is 1. The zero-order valence-electron chi connectivity index (χ0n) is 13.0. The molecule has 0 bridgehead atoms. The first kappa shape index (κ1) is 15.0. The van der Waals surface area contributed by atoms with Crippen molar-refractivity contribution in [2.75, 3.05) is 11.9 Å². The van der Waals surface area contributed by atoms with Gasteiger partial charge in [0, 0.05) is 17.6 Å². The zero-order valence-corrected chi connectivity index (χ0v) is 13.0. The molecule has 20 heavy (non-hydrogen) atoms. The number of benzene rings is 1. The summed E-state index contributed by atoms with van der Waals surface area (Å²) < 4.78 is 0. The molecular weight excluding hydrogens is 248 g/mol. The van der Waals surface area contributed by atoms with Crippen LogP contribution >= 0.6 is 0 Å². The van der Waals surface area contributed by atoms with Crippen LogP contribution < -0.4 is 10.6 Å². The standard InChI is InChI=1S/C17H26N2O/c1-12-11-13(9-10-18-12)16(20)19-15-8-6-5-7-14(15)17(2,3)4/h5-8,12-13,18H,9-11H2,1-4H3,(H,19,20)/t12-,13-/m0/s1. The molecule has 3 heteroatoms. The minimum atomic E-state index is 0.0330. The molecule has 2 rings (SSSR count). The lowest BCUT2D eigenvalue weighted by Crippen LogP contribution is -2.40. The molecule has 1 aromatic carbocycles. The first-order valence-electron chi connectivity index (χ1n) is 7.51. The highest BCUT2D eigenvalue weighted by molar-refractivity contribution is 5.93. The van der Waals surface area contributed by atoms with E-state index >= 15 is 0 Å². The third-order valence-corrected chi connectivity index (χ3v) is 3.99. The summed E-state index contributed by atoms with van der Waals surface area (Å²) in [6.45, 7) is 9.59. The van der Waals surface area contributed by atoms with E-state index < -0.39 is 0 Å². The lowest BCUT2D eigenvalue weighted by atomic mass is 9.85. The summed E-state index contributed by atoms with van der Waals surface area (Å²) in [6, 6.07) is 8.54. The molecule has 0 aliphatic carbocycles. The van der Waals surface area contributed by atoms with E-state index in [9.17, 15) is 4.79 Å². The molecule has 1 heterocycles. The van der Waals surface area contributed by atoms with Crippen molar-refractivity contribution in [1.82, 2.24) is 5.32 Å². The van der Waals surface area contributed by atoms with Crippen molar-refractivity contribution in [3.8, 4) is 0 Å². The predicted molar refractivity (Wildman–Crippen MR) is 84.0 cm³/mol. The predicted octanol–water partition coefficient (Wildman–Crippen LogP) is 3.31. The van der Waals surface area contributed by atoms with E-state index in [1.165, 1.54) is 5.56 Å². The van der Waals surface area contributed by atoms with Gasteiger partial charge in [0.2, 0.25) is 5.91 Å². The van der Waals surface area contributed by atoms with Gasteiger partial charge in [-0.15, -0.1) is 0 Å². The van der Waals surface area contributed by atoms with E-state index in [-0.39, 0.29) is 17.2 Å². The lowest BCUT2D eigenvalue weighted by Gasteiger charge is -2.28. The number of carbonyl (C=O) groups is 1. The Hall–Kier alpha value is -1.35. The summed E-state index contributed by atoms with van der Waals surface area (Å²) in [6.07, 6.45) is 1.84. The number of piperidine rings is 1. The quantitative estimate of drug-likeness (QED) is 0.868. The Morgan fingerprint density at radius 1 is 1.30 bits per heavy atom. The highest BCUT2D eigenvalue weighted by Gasteiger charge is 2.26. The van der Waals surface area contributed by atoms with Crippen LogP contribution in [0.4, 0.5) is 5.69 Å². The fourth-order valence-electron chi connectivity index (χ4n) is 2.85. The van der Waals surface area contributed by atoms with Gasteiger partial charge in [-0.25, -0.2) is 0 Å². The molecule has 0 unspecified atom stereocenters. The van der Waals surface area contributed by atoms with E-state index in [4.69, 9.17) is 0 Å². The highest BCUT2D eigenvalue weighted by atomic mass is 16.1. The van der Waals surface area contributed by atoms with Crippen molar-refractivity contribution >= 4 is 11.6 Å². The second kappa shape index (κ2) is 5.96. The van der Waals surface area contributed by atoms with Crippen LogP contribution in [0.2, 0.25) is 0 Å². The van der Waals surface area contributed by atoms with Gasteiger partial charge < -0.3 is 10.6 Å². The van der Waals surface area contributed by atoms with Crippen LogP contribution in [-0.2, 0) is 10.2 Å². The Morgan fingerprint density at radius 3 is 2.65 bits per heavy atom. The molecule has 1 saturated heterocycles. The average molecular weight is 274 g/mol. The van der Waals surface area contributed by atoms with Gasteiger partial charge in [0.05, 0.1) is 0 Å². The highest BCUT2D eigenvalue weighted by Crippen LogP contribution is 2.30. The van der Waals surface area contributed by atoms with Crippen LogP contribution in [0.5, 0.6) is 0 Å². The third-order valence-electron chi connectivity index (χ3n) is 3.99. The van der Waals surface area contributed by atoms with Crippen molar-refractivity contribution in [2.24, 2.45) is 5.92 Å². The Morgan fingerprint density at radius 2 is 2.00 bits per heavy atom. The van der Waals surface area contributed by atoms with Gasteiger partial charge >= 0.3 is 0 Å². The van der Waals surface area contributed by atoms with E-state index in [0.29, 0.717) is 6.04 Å². The molecule has 1 fully saturated rings. The van der Waals surface area contributed by atoms with Crippen molar-refractivity contribution in [3.05, 3.63) is 29.8 Å². The van der Waals surface area contributed by atoms with Gasteiger partial charge in [-0.3, -0.25) is 4.79 Å². The van der Waals surface area contributed by atoms with Crippen molar-refractivity contribution in [3.63, 3.8) is 0 Å². The van der Waals surface area contributed by atoms with Crippen LogP contribution in [-0.4, -0.2) is 18.5 Å². The van der Waals surface area contributed by atoms with Gasteiger partial charge in [-0.05, 0) is 43.4 Å². The second-order valence-corrected chi connectivity index (χ2v) is 6.86. The van der Waals surface area contributed by atoms with Gasteiger partial charge in [-0.2, -0.15) is 0 Å². The van der Waals surface area contributed by atoms with Crippen LogP contribution in [0, 0.1) is 5.92 Å². The number of para-hydroxylation sites is 1. The number of hydrogen-bond acceptors (Lipinski definition) is 2. The second-order valence-electron chi connectivity index (χ2n) is 6.86. The van der Waals surface area contributed by atoms with Gasteiger partial charge in [0.25, 0.3) is 0 Å². The molecule has 1 amide bonds. The summed E-state index contributed by atoms with van der Waals surface area (Å²) in [7, 11) is 0. The van der Waals surface area contributed by atoms with Crippen LogP contribution in [0.1, 0.15) is 46.1 Å². The maximum atomic E-state index is 12.5. The summed E-state index contributed by atoms with van der Waals surface area (Å²) in [5.41, 5.74) is 2.18. The smallest absolute Gasteiger partial charge is 0.227 e. The largest absolute Gasteiger partial charge is 0.326 e. The lowest BCUT2D eigenvalue weighted by molar-refractivity contribution is -0.120. The maximum absolute atomic E-state index is 12.5. The molecular formula is C17H26N2O. The average Bonchev–Trinajstić information content (AvgIpc) is 2.38. The van der Waals surface area contributed by atoms with Gasteiger partial charge in [-0.1, -0.05) is 39.0 Å². The molecule has 1 aliphatic heterocycles. The monoisotopic (exact) mass is 274 g/mol. The van der Waals surface area contributed by atoms with E-state index in [1.54, 1.807) is 0 Å². The summed E-state index contributed by atoms with van der Waals surface area (Å²) >= 11 is 0. The Bertz CT molecular complexity index is 476. The van der Waals surface area contributed by atoms with Crippen LogP contribution in [0.3, 0.4) is 0 Å². The molecule has 0 radical (unpaired) electrons. The zero-order chi connectivity index (χ0) is 14.8. The topological polar surface area (TPSA) is 41.1 Å². The summed E-state index contributed by atoms with van der Waals surface area (Å²) in [4.78, 5) is 12.5. The molecule has 0 aromatic heterocycles. The Kier molecular flexibility index (Phi) is 4.48. The fraction of sp³-hybridized carbons (Fsp3) is 0.588. The number of amides is 1. The molecule has 2 N–H and O–H groups in total. The molecule has 0 saturated carbocycles. The summed E-state index contributed by atoms with van der Waals surface area (Å²) in [5.74, 6) is 0.286. The fourth-order valence-corrected chi connectivity index (χ4v) is 2.85. The van der Waals surface area contributed by atoms with Gasteiger partial charge in [0.15, 0.2) is 0 Å². The SMILES string of the molecule is C[C@H]1C[C@@H](C(=O)Nc2ccccc2C(C)(C)C)CCN1. The van der Waals surface area contributed by atoms with Gasteiger partial charge in [0.1, 0.15) is 0 Å². The minimum absolute atomic E-state index is 0.0330. The molecule has 1 aliphatic rings. The maximum Gasteiger partial charge on any atom is 0.227 e.